The molecule has 2 aromatic carbocycles. The zero-order valence-corrected chi connectivity index (χ0v) is 13.8. The van der Waals surface area contributed by atoms with Crippen LogP contribution in [0.5, 0.6) is 0 Å². The predicted octanol–water partition coefficient (Wildman–Crippen LogP) is 3.71. The summed E-state index contributed by atoms with van der Waals surface area (Å²) in [6.45, 7) is 4.72. The summed E-state index contributed by atoms with van der Waals surface area (Å²) in [7, 11) is 1.81. The van der Waals surface area contributed by atoms with Crippen LogP contribution < -0.4 is 0 Å². The van der Waals surface area contributed by atoms with Crippen molar-refractivity contribution in [2.24, 2.45) is 0 Å². The summed E-state index contributed by atoms with van der Waals surface area (Å²) in [6.07, 6.45) is 1.02. The van der Waals surface area contributed by atoms with Crippen LogP contribution in [0.4, 0.5) is 0 Å². The monoisotopic (exact) mass is 307 g/mol. The summed E-state index contributed by atoms with van der Waals surface area (Å²) in [6, 6.07) is 14.3. The molecule has 0 aliphatic heterocycles. The highest BCUT2D eigenvalue weighted by Crippen LogP contribution is 2.19. The maximum atomic E-state index is 12.7. The van der Waals surface area contributed by atoms with Crippen LogP contribution in [0, 0.1) is 6.92 Å². The summed E-state index contributed by atoms with van der Waals surface area (Å²) >= 11 is 0. The third kappa shape index (κ3) is 3.11. The van der Waals surface area contributed by atoms with Crippen LogP contribution in [0.3, 0.4) is 0 Å². The van der Waals surface area contributed by atoms with Gasteiger partial charge in [-0.25, -0.2) is 0 Å². The highest BCUT2D eigenvalue weighted by molar-refractivity contribution is 6.04. The van der Waals surface area contributed by atoms with Gasteiger partial charge in [-0.2, -0.15) is 5.10 Å². The molecule has 1 amide bonds. The fourth-order valence-corrected chi connectivity index (χ4v) is 2.70. The number of carbonyl (C=O) groups excluding carboxylic acids is 1. The van der Waals surface area contributed by atoms with Gasteiger partial charge in [0.25, 0.3) is 5.91 Å². The number of H-pyrrole nitrogens is 1. The first-order valence-corrected chi connectivity index (χ1v) is 7.86. The highest BCUT2D eigenvalue weighted by Gasteiger charge is 2.18. The average Bonchev–Trinajstić information content (AvgIpc) is 2.97. The van der Waals surface area contributed by atoms with Gasteiger partial charge in [-0.15, -0.1) is 0 Å². The minimum absolute atomic E-state index is 0.0681. The number of aromatic nitrogens is 2. The van der Waals surface area contributed by atoms with Gasteiger partial charge < -0.3 is 4.90 Å². The van der Waals surface area contributed by atoms with E-state index in [1.54, 1.807) is 4.90 Å². The van der Waals surface area contributed by atoms with Crippen LogP contribution in [0.2, 0.25) is 0 Å². The maximum absolute atomic E-state index is 12.7. The SMILES string of the molecule is CCc1ccc(CN(C)C(=O)c2n[nH]c3ccc(C)cc23)cc1. The van der Waals surface area contributed by atoms with Gasteiger partial charge in [0.05, 0.1) is 5.52 Å². The molecule has 0 unspecified atom stereocenters. The van der Waals surface area contributed by atoms with Gasteiger partial charge in [0.1, 0.15) is 0 Å². The number of nitrogens with zero attached hydrogens (tertiary/aromatic N) is 2. The van der Waals surface area contributed by atoms with Crippen molar-refractivity contribution in [3.63, 3.8) is 0 Å². The van der Waals surface area contributed by atoms with Crippen LogP contribution in [-0.2, 0) is 13.0 Å². The van der Waals surface area contributed by atoms with Crippen LogP contribution in [-0.4, -0.2) is 28.1 Å². The van der Waals surface area contributed by atoms with E-state index in [1.165, 1.54) is 5.56 Å². The van der Waals surface area contributed by atoms with E-state index in [4.69, 9.17) is 0 Å². The van der Waals surface area contributed by atoms with E-state index in [0.29, 0.717) is 12.2 Å². The Hall–Kier alpha value is -2.62. The molecule has 0 saturated heterocycles. The molecule has 0 spiro atoms. The molecule has 0 atom stereocenters. The van der Waals surface area contributed by atoms with E-state index in [2.05, 4.69) is 41.4 Å². The Kier molecular flexibility index (Phi) is 4.15. The lowest BCUT2D eigenvalue weighted by Crippen LogP contribution is -2.26. The van der Waals surface area contributed by atoms with Crippen LogP contribution in [0.25, 0.3) is 10.9 Å². The van der Waals surface area contributed by atoms with Crippen molar-refractivity contribution >= 4 is 16.8 Å². The normalized spacial score (nSPS) is 10.9. The number of carbonyl (C=O) groups is 1. The lowest BCUT2D eigenvalue weighted by Gasteiger charge is -2.16. The molecule has 0 aliphatic carbocycles. The van der Waals surface area contributed by atoms with Crippen LogP contribution in [0.15, 0.2) is 42.5 Å². The van der Waals surface area contributed by atoms with Gasteiger partial charge in [-0.1, -0.05) is 42.8 Å². The van der Waals surface area contributed by atoms with Gasteiger partial charge in [0.2, 0.25) is 0 Å². The van der Waals surface area contributed by atoms with Crippen molar-refractivity contribution in [1.82, 2.24) is 15.1 Å². The summed E-state index contributed by atoms with van der Waals surface area (Å²) in [4.78, 5) is 14.4. The lowest BCUT2D eigenvalue weighted by molar-refractivity contribution is 0.0781. The third-order valence-electron chi connectivity index (χ3n) is 4.12. The molecule has 0 aliphatic rings. The summed E-state index contributed by atoms with van der Waals surface area (Å²) in [5.74, 6) is -0.0681. The lowest BCUT2D eigenvalue weighted by atomic mass is 10.1. The van der Waals surface area contributed by atoms with E-state index in [-0.39, 0.29) is 5.91 Å². The Balaban J connectivity index is 1.81. The summed E-state index contributed by atoms with van der Waals surface area (Å²) in [5, 5.41) is 8.02. The van der Waals surface area contributed by atoms with Crippen molar-refractivity contribution in [2.45, 2.75) is 26.8 Å². The molecular weight excluding hydrogens is 286 g/mol. The molecule has 4 nitrogen and oxygen atoms in total. The summed E-state index contributed by atoms with van der Waals surface area (Å²) in [5.41, 5.74) is 4.91. The topological polar surface area (TPSA) is 49.0 Å². The Labute approximate surface area is 136 Å². The van der Waals surface area contributed by atoms with E-state index < -0.39 is 0 Å². The van der Waals surface area contributed by atoms with Crippen LogP contribution in [0.1, 0.15) is 34.1 Å². The fourth-order valence-electron chi connectivity index (χ4n) is 2.70. The Bertz CT molecular complexity index is 833. The minimum atomic E-state index is -0.0681. The first kappa shape index (κ1) is 15.3. The smallest absolute Gasteiger partial charge is 0.275 e. The van der Waals surface area contributed by atoms with Gasteiger partial charge in [-0.3, -0.25) is 9.89 Å². The minimum Gasteiger partial charge on any atom is -0.336 e. The molecular formula is C19H21N3O. The number of benzene rings is 2. The molecule has 1 heterocycles. The number of nitrogens with one attached hydrogen (secondary N) is 1. The quantitative estimate of drug-likeness (QED) is 0.799. The molecule has 1 N–H and O–H groups in total. The molecule has 118 valence electrons. The zero-order valence-electron chi connectivity index (χ0n) is 13.8. The number of aryl methyl sites for hydroxylation is 2. The van der Waals surface area contributed by atoms with Gasteiger partial charge >= 0.3 is 0 Å². The van der Waals surface area contributed by atoms with Gasteiger partial charge in [0, 0.05) is 19.0 Å². The van der Waals surface area contributed by atoms with E-state index in [0.717, 1.165) is 28.5 Å². The summed E-state index contributed by atoms with van der Waals surface area (Å²) < 4.78 is 0. The predicted molar refractivity (Wildman–Crippen MR) is 92.4 cm³/mol. The van der Waals surface area contributed by atoms with E-state index in [1.807, 2.05) is 32.2 Å². The molecule has 4 heteroatoms. The third-order valence-corrected chi connectivity index (χ3v) is 4.12. The molecule has 3 aromatic rings. The molecule has 0 saturated carbocycles. The van der Waals surface area contributed by atoms with Crippen molar-refractivity contribution < 1.29 is 4.79 Å². The second-order valence-electron chi connectivity index (χ2n) is 5.95. The molecule has 0 bridgehead atoms. The second-order valence-corrected chi connectivity index (χ2v) is 5.95. The standard InChI is InChI=1S/C19H21N3O/c1-4-14-6-8-15(9-7-14)12-22(3)19(23)18-16-11-13(2)5-10-17(16)20-21-18/h5-11H,4,12H2,1-3H3,(H,20,21). The van der Waals surface area contributed by atoms with E-state index in [9.17, 15) is 4.79 Å². The fraction of sp³-hybridized carbons (Fsp3) is 0.263. The number of hydrogen-bond acceptors (Lipinski definition) is 2. The first-order valence-electron chi connectivity index (χ1n) is 7.86. The van der Waals surface area contributed by atoms with Crippen LogP contribution >= 0.6 is 0 Å². The van der Waals surface area contributed by atoms with Crippen molar-refractivity contribution in [1.29, 1.82) is 0 Å². The largest absolute Gasteiger partial charge is 0.336 e. The van der Waals surface area contributed by atoms with Crippen molar-refractivity contribution in [2.75, 3.05) is 7.05 Å². The molecule has 3 rings (SSSR count). The van der Waals surface area contributed by atoms with E-state index >= 15 is 0 Å². The maximum Gasteiger partial charge on any atom is 0.275 e. The number of amides is 1. The van der Waals surface area contributed by atoms with Crippen molar-refractivity contribution in [3.8, 4) is 0 Å². The molecule has 1 aromatic heterocycles. The first-order chi connectivity index (χ1) is 11.1. The Morgan fingerprint density at radius 2 is 1.83 bits per heavy atom. The van der Waals surface area contributed by atoms with Crippen molar-refractivity contribution in [3.05, 3.63) is 64.8 Å². The zero-order chi connectivity index (χ0) is 16.4. The Morgan fingerprint density at radius 3 is 2.52 bits per heavy atom. The Morgan fingerprint density at radius 1 is 1.13 bits per heavy atom. The average molecular weight is 307 g/mol. The van der Waals surface area contributed by atoms with Gasteiger partial charge in [-0.05, 0) is 36.6 Å². The number of aromatic amines is 1. The molecule has 0 radical (unpaired) electrons. The molecule has 0 fully saturated rings. The number of fused-ring (bicyclic) bond motifs is 1. The second kappa shape index (κ2) is 6.24. The van der Waals surface area contributed by atoms with Gasteiger partial charge in [0.15, 0.2) is 5.69 Å². The number of rotatable bonds is 4. The highest BCUT2D eigenvalue weighted by atomic mass is 16.2. The molecule has 23 heavy (non-hydrogen) atoms. The number of hydrogen-bond donors (Lipinski definition) is 1.